The van der Waals surface area contributed by atoms with Crippen molar-refractivity contribution in [1.29, 1.82) is 0 Å². The number of hydrogen-bond acceptors (Lipinski definition) is 5. The Kier molecular flexibility index (Phi) is 3.61. The third-order valence-electron chi connectivity index (χ3n) is 4.18. The standard InChI is InChI=1S/C15H21N3O2/c1-3-6-15(7-4-8-16-10-15)14-17-13(18-20-14)12-5-9-19-11(12)2/h5,9,16H,3-4,6-8,10H2,1-2H3. The SMILES string of the molecule is CCCC1(c2nc(-c3ccoc3C)no2)CCCNC1. The largest absolute Gasteiger partial charge is 0.469 e. The van der Waals surface area contributed by atoms with E-state index in [1.54, 1.807) is 6.26 Å². The molecule has 0 aromatic carbocycles. The summed E-state index contributed by atoms with van der Waals surface area (Å²) in [4.78, 5) is 4.65. The first kappa shape index (κ1) is 13.4. The molecule has 5 heteroatoms. The van der Waals surface area contributed by atoms with Gasteiger partial charge in [0.25, 0.3) is 0 Å². The van der Waals surface area contributed by atoms with E-state index in [1.807, 2.05) is 13.0 Å². The fourth-order valence-electron chi connectivity index (χ4n) is 3.11. The van der Waals surface area contributed by atoms with E-state index < -0.39 is 0 Å². The molecule has 0 bridgehead atoms. The smallest absolute Gasteiger partial charge is 0.234 e. The third kappa shape index (κ3) is 2.26. The summed E-state index contributed by atoms with van der Waals surface area (Å²) in [5.41, 5.74) is 0.908. The Labute approximate surface area is 118 Å². The second-order valence-corrected chi connectivity index (χ2v) is 5.62. The molecule has 1 aliphatic heterocycles. The van der Waals surface area contributed by atoms with Gasteiger partial charge in [0.2, 0.25) is 11.7 Å². The maximum atomic E-state index is 5.60. The van der Waals surface area contributed by atoms with Crippen molar-refractivity contribution in [1.82, 2.24) is 15.5 Å². The molecule has 1 aliphatic rings. The fourth-order valence-corrected chi connectivity index (χ4v) is 3.11. The zero-order chi connectivity index (χ0) is 14.0. The monoisotopic (exact) mass is 275 g/mol. The minimum absolute atomic E-state index is 0.00408. The van der Waals surface area contributed by atoms with E-state index in [1.165, 1.54) is 0 Å². The first-order valence-corrected chi connectivity index (χ1v) is 7.34. The Hall–Kier alpha value is -1.62. The molecule has 0 radical (unpaired) electrons. The van der Waals surface area contributed by atoms with Gasteiger partial charge in [-0.15, -0.1) is 0 Å². The quantitative estimate of drug-likeness (QED) is 0.929. The van der Waals surface area contributed by atoms with Gasteiger partial charge in [-0.05, 0) is 38.8 Å². The van der Waals surface area contributed by atoms with E-state index in [-0.39, 0.29) is 5.41 Å². The van der Waals surface area contributed by atoms with Gasteiger partial charge in [0.05, 0.1) is 17.2 Å². The van der Waals surface area contributed by atoms with Crippen molar-refractivity contribution < 1.29 is 8.94 Å². The molecule has 108 valence electrons. The molecule has 1 saturated heterocycles. The van der Waals surface area contributed by atoms with Crippen molar-refractivity contribution in [2.75, 3.05) is 13.1 Å². The van der Waals surface area contributed by atoms with E-state index in [4.69, 9.17) is 8.94 Å². The van der Waals surface area contributed by atoms with Gasteiger partial charge in [-0.1, -0.05) is 18.5 Å². The number of piperidine rings is 1. The lowest BCUT2D eigenvalue weighted by Crippen LogP contribution is -2.43. The highest BCUT2D eigenvalue weighted by atomic mass is 16.5. The van der Waals surface area contributed by atoms with Crippen LogP contribution < -0.4 is 5.32 Å². The average Bonchev–Trinajstić information content (AvgIpc) is 3.08. The molecule has 1 fully saturated rings. The number of hydrogen-bond donors (Lipinski definition) is 1. The molecule has 0 aliphatic carbocycles. The molecule has 0 saturated carbocycles. The lowest BCUT2D eigenvalue weighted by molar-refractivity contribution is 0.213. The van der Waals surface area contributed by atoms with Crippen LogP contribution in [0.15, 0.2) is 21.3 Å². The molecular formula is C15H21N3O2. The van der Waals surface area contributed by atoms with Gasteiger partial charge in [0.1, 0.15) is 5.76 Å². The van der Waals surface area contributed by atoms with Crippen LogP contribution in [0.25, 0.3) is 11.4 Å². The molecule has 1 unspecified atom stereocenters. The minimum Gasteiger partial charge on any atom is -0.469 e. The normalized spacial score (nSPS) is 23.1. The van der Waals surface area contributed by atoms with Crippen LogP contribution in [0.5, 0.6) is 0 Å². The zero-order valence-electron chi connectivity index (χ0n) is 12.1. The maximum Gasteiger partial charge on any atom is 0.234 e. The molecule has 5 nitrogen and oxygen atoms in total. The van der Waals surface area contributed by atoms with Gasteiger partial charge in [-0.25, -0.2) is 0 Å². The molecule has 3 heterocycles. The van der Waals surface area contributed by atoms with Gasteiger partial charge >= 0.3 is 0 Å². The van der Waals surface area contributed by atoms with Crippen LogP contribution in [0, 0.1) is 6.92 Å². The van der Waals surface area contributed by atoms with Crippen molar-refractivity contribution in [3.8, 4) is 11.4 Å². The van der Waals surface area contributed by atoms with Crippen LogP contribution >= 0.6 is 0 Å². The third-order valence-corrected chi connectivity index (χ3v) is 4.18. The number of aryl methyl sites for hydroxylation is 1. The van der Waals surface area contributed by atoms with E-state index >= 15 is 0 Å². The Morgan fingerprint density at radius 1 is 1.45 bits per heavy atom. The fraction of sp³-hybridized carbons (Fsp3) is 0.600. The van der Waals surface area contributed by atoms with Gasteiger partial charge in [-0.3, -0.25) is 0 Å². The molecular weight excluding hydrogens is 254 g/mol. The Balaban J connectivity index is 1.93. The van der Waals surface area contributed by atoms with Crippen molar-refractivity contribution >= 4 is 0 Å². The first-order valence-electron chi connectivity index (χ1n) is 7.34. The highest BCUT2D eigenvalue weighted by molar-refractivity contribution is 5.56. The summed E-state index contributed by atoms with van der Waals surface area (Å²) in [6.45, 7) is 6.11. The van der Waals surface area contributed by atoms with Gasteiger partial charge in [0, 0.05) is 6.54 Å². The van der Waals surface area contributed by atoms with Crippen LogP contribution in [0.4, 0.5) is 0 Å². The van der Waals surface area contributed by atoms with Crippen LogP contribution in [0.1, 0.15) is 44.3 Å². The van der Waals surface area contributed by atoms with Crippen LogP contribution in [0.2, 0.25) is 0 Å². The molecule has 1 N–H and O–H groups in total. The Bertz CT molecular complexity index is 562. The second kappa shape index (κ2) is 5.40. The van der Waals surface area contributed by atoms with Gasteiger partial charge in [0.15, 0.2) is 0 Å². The summed E-state index contributed by atoms with van der Waals surface area (Å²) in [5, 5.41) is 7.62. The summed E-state index contributed by atoms with van der Waals surface area (Å²) in [6.07, 6.45) is 6.11. The molecule has 0 amide bonds. The van der Waals surface area contributed by atoms with Crippen molar-refractivity contribution in [3.05, 3.63) is 24.0 Å². The van der Waals surface area contributed by atoms with Gasteiger partial charge < -0.3 is 14.3 Å². The predicted molar refractivity (Wildman–Crippen MR) is 75.4 cm³/mol. The van der Waals surface area contributed by atoms with Crippen molar-refractivity contribution in [2.45, 2.75) is 44.9 Å². The summed E-state index contributed by atoms with van der Waals surface area (Å²) in [5.74, 6) is 2.22. The summed E-state index contributed by atoms with van der Waals surface area (Å²) in [6, 6.07) is 1.88. The number of furan rings is 1. The maximum absolute atomic E-state index is 5.60. The second-order valence-electron chi connectivity index (χ2n) is 5.62. The van der Waals surface area contributed by atoms with Crippen LogP contribution in [0.3, 0.4) is 0 Å². The van der Waals surface area contributed by atoms with E-state index in [9.17, 15) is 0 Å². The number of rotatable bonds is 4. The predicted octanol–water partition coefficient (Wildman–Crippen LogP) is 3.06. The summed E-state index contributed by atoms with van der Waals surface area (Å²) < 4.78 is 10.9. The number of aromatic nitrogens is 2. The average molecular weight is 275 g/mol. The van der Waals surface area contributed by atoms with Crippen LogP contribution in [-0.2, 0) is 5.41 Å². The summed E-state index contributed by atoms with van der Waals surface area (Å²) in [7, 11) is 0. The molecule has 20 heavy (non-hydrogen) atoms. The summed E-state index contributed by atoms with van der Waals surface area (Å²) >= 11 is 0. The highest BCUT2D eigenvalue weighted by Crippen LogP contribution is 2.36. The zero-order valence-corrected chi connectivity index (χ0v) is 12.1. The lowest BCUT2D eigenvalue weighted by atomic mass is 9.77. The van der Waals surface area contributed by atoms with E-state index in [2.05, 4.69) is 22.4 Å². The molecule has 3 rings (SSSR count). The lowest BCUT2D eigenvalue weighted by Gasteiger charge is -2.34. The van der Waals surface area contributed by atoms with Crippen molar-refractivity contribution in [3.63, 3.8) is 0 Å². The number of nitrogens with one attached hydrogen (secondary N) is 1. The van der Waals surface area contributed by atoms with E-state index in [0.717, 1.165) is 56.0 Å². The Morgan fingerprint density at radius 3 is 3.00 bits per heavy atom. The minimum atomic E-state index is -0.00408. The van der Waals surface area contributed by atoms with E-state index in [0.29, 0.717) is 5.82 Å². The topological polar surface area (TPSA) is 64.1 Å². The Morgan fingerprint density at radius 2 is 2.35 bits per heavy atom. The molecule has 1 atom stereocenters. The highest BCUT2D eigenvalue weighted by Gasteiger charge is 2.38. The molecule has 0 spiro atoms. The molecule has 2 aromatic rings. The number of nitrogens with zero attached hydrogens (tertiary/aromatic N) is 2. The molecule has 2 aromatic heterocycles. The van der Waals surface area contributed by atoms with Crippen molar-refractivity contribution in [2.24, 2.45) is 0 Å². The van der Waals surface area contributed by atoms with Gasteiger partial charge in [-0.2, -0.15) is 4.98 Å². The van der Waals surface area contributed by atoms with Crippen LogP contribution in [-0.4, -0.2) is 23.2 Å². The first-order chi connectivity index (χ1) is 9.75.